The minimum absolute atomic E-state index is 0.0648. The average molecular weight is 240 g/mol. The number of nitrogens with zero attached hydrogens (tertiary/aromatic N) is 2. The van der Waals surface area contributed by atoms with Crippen molar-refractivity contribution in [3.8, 4) is 0 Å². The van der Waals surface area contributed by atoms with Crippen LogP contribution in [0.4, 0.5) is 4.79 Å². The topological polar surface area (TPSA) is 97.0 Å². The summed E-state index contributed by atoms with van der Waals surface area (Å²) in [6.45, 7) is 3.55. The van der Waals surface area contributed by atoms with E-state index < -0.39 is 12.1 Å². The highest BCUT2D eigenvalue weighted by atomic mass is 16.5. The van der Waals surface area contributed by atoms with Gasteiger partial charge in [0, 0.05) is 12.3 Å². The first-order chi connectivity index (χ1) is 8.04. The highest BCUT2D eigenvalue weighted by molar-refractivity contribution is 5.88. The minimum Gasteiger partial charge on any atom is -0.453 e. The zero-order valence-electron chi connectivity index (χ0n) is 10.1. The van der Waals surface area contributed by atoms with Crippen molar-refractivity contribution in [2.75, 3.05) is 7.11 Å². The molecular weight excluding hydrogens is 224 g/mol. The maximum absolute atomic E-state index is 11.9. The van der Waals surface area contributed by atoms with E-state index in [1.54, 1.807) is 13.8 Å². The fourth-order valence-corrected chi connectivity index (χ4v) is 1.37. The summed E-state index contributed by atoms with van der Waals surface area (Å²) in [5, 5.41) is 12.3. The highest BCUT2D eigenvalue weighted by Crippen LogP contribution is 2.05. The molecule has 0 saturated heterocycles. The fraction of sp³-hybridized carbons (Fsp3) is 0.600. The Balaban J connectivity index is 2.71. The van der Waals surface area contributed by atoms with Gasteiger partial charge in [-0.3, -0.25) is 9.89 Å². The van der Waals surface area contributed by atoms with E-state index in [0.29, 0.717) is 12.1 Å². The minimum atomic E-state index is -0.635. The van der Waals surface area contributed by atoms with Gasteiger partial charge < -0.3 is 10.1 Å². The number of carbonyl (C=O) groups excluding carboxylic acids is 2. The van der Waals surface area contributed by atoms with Crippen LogP contribution in [0.2, 0.25) is 0 Å². The van der Waals surface area contributed by atoms with Crippen LogP contribution in [0.3, 0.4) is 0 Å². The second kappa shape index (κ2) is 5.97. The number of ether oxygens (including phenoxy) is 1. The summed E-state index contributed by atoms with van der Waals surface area (Å²) in [5.74, 6) is -0.238. The van der Waals surface area contributed by atoms with Gasteiger partial charge in [-0.05, 0) is 0 Å². The van der Waals surface area contributed by atoms with Crippen LogP contribution >= 0.6 is 0 Å². The Morgan fingerprint density at radius 1 is 1.53 bits per heavy atom. The molecule has 0 spiro atoms. The third-order valence-electron chi connectivity index (χ3n) is 2.28. The summed E-state index contributed by atoms with van der Waals surface area (Å²) in [7, 11) is 1.25. The van der Waals surface area contributed by atoms with Gasteiger partial charge in [0.15, 0.2) is 5.78 Å². The molecule has 0 aliphatic rings. The largest absolute Gasteiger partial charge is 0.453 e. The van der Waals surface area contributed by atoms with E-state index in [1.165, 1.54) is 13.3 Å². The van der Waals surface area contributed by atoms with Crippen molar-refractivity contribution < 1.29 is 14.3 Å². The smallest absolute Gasteiger partial charge is 0.407 e. The highest BCUT2D eigenvalue weighted by Gasteiger charge is 2.24. The molecule has 1 rings (SSSR count). The molecule has 0 saturated carbocycles. The predicted octanol–water partition coefficient (Wildman–Crippen LogP) is 0.297. The molecule has 94 valence electrons. The van der Waals surface area contributed by atoms with Gasteiger partial charge in [0.1, 0.15) is 0 Å². The number of hydrogen-bond donors (Lipinski definition) is 2. The predicted molar refractivity (Wildman–Crippen MR) is 59.3 cm³/mol. The van der Waals surface area contributed by atoms with Crippen LogP contribution in [0.25, 0.3) is 0 Å². The number of nitrogens with one attached hydrogen (secondary N) is 2. The Hall–Kier alpha value is -1.92. The summed E-state index contributed by atoms with van der Waals surface area (Å²) in [4.78, 5) is 23.0. The number of methoxy groups -OCH3 is 1. The van der Waals surface area contributed by atoms with Gasteiger partial charge in [-0.15, -0.1) is 5.10 Å². The molecule has 0 radical (unpaired) electrons. The van der Waals surface area contributed by atoms with Gasteiger partial charge in [0.25, 0.3) is 0 Å². The maximum Gasteiger partial charge on any atom is 0.407 e. The molecule has 7 nitrogen and oxygen atoms in total. The van der Waals surface area contributed by atoms with E-state index in [1.807, 2.05) is 0 Å². The Morgan fingerprint density at radius 2 is 2.24 bits per heavy atom. The third-order valence-corrected chi connectivity index (χ3v) is 2.28. The molecule has 2 N–H and O–H groups in total. The molecule has 0 bridgehead atoms. The zero-order valence-corrected chi connectivity index (χ0v) is 10.1. The lowest BCUT2D eigenvalue weighted by molar-refractivity contribution is -0.123. The number of aromatic nitrogens is 3. The first-order valence-electron chi connectivity index (χ1n) is 5.27. The van der Waals surface area contributed by atoms with Crippen molar-refractivity contribution in [1.82, 2.24) is 20.7 Å². The molecule has 0 unspecified atom stereocenters. The van der Waals surface area contributed by atoms with Crippen LogP contribution in [0.1, 0.15) is 19.5 Å². The summed E-state index contributed by atoms with van der Waals surface area (Å²) in [6.07, 6.45) is 1.20. The summed E-state index contributed by atoms with van der Waals surface area (Å²) in [6, 6.07) is -0.635. The van der Waals surface area contributed by atoms with Crippen LogP contribution in [0.15, 0.2) is 6.20 Å². The second-order valence-corrected chi connectivity index (χ2v) is 3.93. The molecule has 17 heavy (non-hydrogen) atoms. The molecule has 0 fully saturated rings. The molecule has 7 heteroatoms. The second-order valence-electron chi connectivity index (χ2n) is 3.93. The Kier molecular flexibility index (Phi) is 4.62. The van der Waals surface area contributed by atoms with Crippen molar-refractivity contribution in [1.29, 1.82) is 0 Å². The van der Waals surface area contributed by atoms with E-state index in [-0.39, 0.29) is 11.7 Å². The molecule has 1 aromatic heterocycles. The Bertz CT molecular complexity index is 375. The molecule has 1 heterocycles. The monoisotopic (exact) mass is 240 g/mol. The number of alkyl carbamates (subject to hydrolysis) is 1. The van der Waals surface area contributed by atoms with Crippen molar-refractivity contribution in [2.24, 2.45) is 5.92 Å². The SMILES string of the molecule is COC(=O)N[C@H](Cc1cnn[nH]1)C(=O)C(C)C. The van der Waals surface area contributed by atoms with Gasteiger partial charge in [-0.25, -0.2) is 4.79 Å². The number of hydrogen-bond acceptors (Lipinski definition) is 5. The quantitative estimate of drug-likeness (QED) is 0.771. The van der Waals surface area contributed by atoms with Gasteiger partial charge in [0.2, 0.25) is 0 Å². The summed E-state index contributed by atoms with van der Waals surface area (Å²) >= 11 is 0. The molecule has 0 aliphatic heterocycles. The summed E-state index contributed by atoms with van der Waals surface area (Å²) < 4.78 is 4.49. The van der Waals surface area contributed by atoms with Gasteiger partial charge >= 0.3 is 6.09 Å². The zero-order chi connectivity index (χ0) is 12.8. The Morgan fingerprint density at radius 3 is 2.71 bits per heavy atom. The first-order valence-corrected chi connectivity index (χ1v) is 5.27. The number of H-pyrrole nitrogens is 1. The lowest BCUT2D eigenvalue weighted by Gasteiger charge is -2.17. The van der Waals surface area contributed by atoms with Crippen LogP contribution in [-0.2, 0) is 16.0 Å². The molecular formula is C10H16N4O3. The first kappa shape index (κ1) is 13.1. The van der Waals surface area contributed by atoms with Gasteiger partial charge in [-0.1, -0.05) is 19.1 Å². The van der Waals surface area contributed by atoms with Crippen molar-refractivity contribution in [2.45, 2.75) is 26.3 Å². The Labute approximate surface area is 98.9 Å². The lowest BCUT2D eigenvalue weighted by Crippen LogP contribution is -2.44. The normalized spacial score (nSPS) is 12.2. The number of amides is 1. The lowest BCUT2D eigenvalue weighted by atomic mass is 9.98. The van der Waals surface area contributed by atoms with E-state index in [4.69, 9.17) is 0 Å². The molecule has 0 aliphatic carbocycles. The van der Waals surface area contributed by atoms with E-state index >= 15 is 0 Å². The number of carbonyl (C=O) groups is 2. The maximum atomic E-state index is 11.9. The van der Waals surface area contributed by atoms with Crippen molar-refractivity contribution in [3.05, 3.63) is 11.9 Å². The number of ketones is 1. The molecule has 1 amide bonds. The molecule has 1 atom stereocenters. The third kappa shape index (κ3) is 3.86. The standard InChI is InChI=1S/C10H16N4O3/c1-6(2)9(15)8(12-10(16)17-3)4-7-5-11-14-13-7/h5-6,8H,4H2,1-3H3,(H,12,16)(H,11,13,14)/t8-/m1/s1. The van der Waals surface area contributed by atoms with Crippen molar-refractivity contribution >= 4 is 11.9 Å². The van der Waals surface area contributed by atoms with E-state index in [0.717, 1.165) is 0 Å². The van der Waals surface area contributed by atoms with Crippen LogP contribution in [0, 0.1) is 5.92 Å². The fourth-order valence-electron chi connectivity index (χ4n) is 1.37. The van der Waals surface area contributed by atoms with E-state index in [9.17, 15) is 9.59 Å². The molecule has 0 aromatic carbocycles. The van der Waals surface area contributed by atoms with Crippen LogP contribution in [0.5, 0.6) is 0 Å². The number of Topliss-reactive ketones (excluding diaryl/α,β-unsaturated/α-hetero) is 1. The van der Waals surface area contributed by atoms with Gasteiger partial charge in [-0.2, -0.15) is 0 Å². The average Bonchev–Trinajstić information content (AvgIpc) is 2.79. The molecule has 1 aromatic rings. The van der Waals surface area contributed by atoms with Crippen LogP contribution in [-0.4, -0.2) is 40.4 Å². The van der Waals surface area contributed by atoms with Crippen molar-refractivity contribution in [3.63, 3.8) is 0 Å². The van der Waals surface area contributed by atoms with Gasteiger partial charge in [0.05, 0.1) is 25.0 Å². The number of aromatic amines is 1. The summed E-state index contributed by atoms with van der Waals surface area (Å²) in [5.41, 5.74) is 0.681. The van der Waals surface area contributed by atoms with Crippen LogP contribution < -0.4 is 5.32 Å². The number of rotatable bonds is 5. The van der Waals surface area contributed by atoms with E-state index in [2.05, 4.69) is 25.5 Å².